The molecule has 0 radical (unpaired) electrons. The van der Waals surface area contributed by atoms with Crippen molar-refractivity contribution in [3.05, 3.63) is 0 Å². The van der Waals surface area contributed by atoms with Crippen molar-refractivity contribution in [1.82, 2.24) is 14.8 Å². The maximum Gasteiger partial charge on any atom is 0.421 e. The van der Waals surface area contributed by atoms with Crippen LogP contribution in [0.1, 0.15) is 19.3 Å². The molecule has 1 aliphatic heterocycles. The fourth-order valence-corrected chi connectivity index (χ4v) is 2.52. The summed E-state index contributed by atoms with van der Waals surface area (Å²) in [6.45, 7) is 2.30. The van der Waals surface area contributed by atoms with Crippen LogP contribution in [-0.2, 0) is 14.9 Å². The van der Waals surface area contributed by atoms with Gasteiger partial charge >= 0.3 is 16.3 Å². The van der Waals surface area contributed by atoms with E-state index in [4.69, 9.17) is 0 Å². The van der Waals surface area contributed by atoms with E-state index < -0.39 is 16.3 Å². The van der Waals surface area contributed by atoms with Crippen molar-refractivity contribution >= 4 is 16.3 Å². The predicted octanol–water partition coefficient (Wildman–Crippen LogP) is -0.433. The zero-order valence-electron chi connectivity index (χ0n) is 9.86. The van der Waals surface area contributed by atoms with Gasteiger partial charge in [-0.2, -0.15) is 13.1 Å². The van der Waals surface area contributed by atoms with Crippen molar-refractivity contribution in [2.75, 3.05) is 26.7 Å². The van der Waals surface area contributed by atoms with E-state index in [2.05, 4.69) is 14.8 Å². The molecule has 0 aromatic rings. The average molecular weight is 265 g/mol. The van der Waals surface area contributed by atoms with Gasteiger partial charge in [0, 0.05) is 6.54 Å². The highest BCUT2D eigenvalue weighted by molar-refractivity contribution is 7.88. The number of ether oxygens (including phenoxy) is 1. The molecule has 0 aliphatic carbocycles. The van der Waals surface area contributed by atoms with Crippen LogP contribution in [0.4, 0.5) is 4.79 Å². The van der Waals surface area contributed by atoms with Gasteiger partial charge in [0.25, 0.3) is 0 Å². The summed E-state index contributed by atoms with van der Waals surface area (Å²) >= 11 is 0. The molecule has 17 heavy (non-hydrogen) atoms. The summed E-state index contributed by atoms with van der Waals surface area (Å²) < 4.78 is 30.9. The molecule has 1 heterocycles. The van der Waals surface area contributed by atoms with Gasteiger partial charge in [-0.3, -0.25) is 0 Å². The minimum atomic E-state index is -3.78. The van der Waals surface area contributed by atoms with Crippen molar-refractivity contribution in [3.8, 4) is 0 Å². The third-order valence-electron chi connectivity index (χ3n) is 2.71. The van der Waals surface area contributed by atoms with Crippen LogP contribution in [0.25, 0.3) is 0 Å². The Morgan fingerprint density at radius 1 is 1.41 bits per heavy atom. The monoisotopic (exact) mass is 265 g/mol. The molecule has 0 bridgehead atoms. The largest absolute Gasteiger partial charge is 0.452 e. The highest BCUT2D eigenvalue weighted by Gasteiger charge is 2.16. The van der Waals surface area contributed by atoms with Crippen LogP contribution in [0.5, 0.6) is 0 Å². The lowest BCUT2D eigenvalue weighted by Crippen LogP contribution is -2.41. The standard InChI is InChI=1S/C9H19N3O4S/c1-16-9(13)12-17(14,15)11-7-4-8-2-5-10-6-3-8/h8,10-11H,2-7H2,1H3,(H,12,13). The molecule has 0 unspecified atom stereocenters. The minimum Gasteiger partial charge on any atom is -0.452 e. The molecule has 3 N–H and O–H groups in total. The number of amides is 1. The minimum absolute atomic E-state index is 0.330. The molecular weight excluding hydrogens is 246 g/mol. The number of hydrogen-bond acceptors (Lipinski definition) is 5. The van der Waals surface area contributed by atoms with Gasteiger partial charge in [0.1, 0.15) is 0 Å². The van der Waals surface area contributed by atoms with Gasteiger partial charge in [-0.05, 0) is 38.3 Å². The molecule has 1 fully saturated rings. The second-order valence-corrected chi connectivity index (χ2v) is 5.47. The Morgan fingerprint density at radius 3 is 2.65 bits per heavy atom. The summed E-state index contributed by atoms with van der Waals surface area (Å²) in [7, 11) is -2.67. The molecule has 1 aliphatic rings. The molecular formula is C9H19N3O4S. The van der Waals surface area contributed by atoms with Crippen LogP contribution in [0.15, 0.2) is 0 Å². The SMILES string of the molecule is COC(=O)NS(=O)(=O)NCCC1CCNCC1. The van der Waals surface area contributed by atoms with Crippen LogP contribution in [-0.4, -0.2) is 41.3 Å². The summed E-state index contributed by atoms with van der Waals surface area (Å²) in [5.74, 6) is 0.539. The maximum atomic E-state index is 11.3. The van der Waals surface area contributed by atoms with Crippen LogP contribution in [0.2, 0.25) is 0 Å². The lowest BCUT2D eigenvalue weighted by atomic mass is 9.95. The number of piperidine rings is 1. The molecule has 0 aromatic heterocycles. The van der Waals surface area contributed by atoms with Crippen LogP contribution in [0, 0.1) is 5.92 Å². The van der Waals surface area contributed by atoms with E-state index in [9.17, 15) is 13.2 Å². The van der Waals surface area contributed by atoms with E-state index in [0.29, 0.717) is 12.5 Å². The van der Waals surface area contributed by atoms with Crippen LogP contribution < -0.4 is 14.8 Å². The van der Waals surface area contributed by atoms with Crippen LogP contribution >= 0.6 is 0 Å². The summed E-state index contributed by atoms with van der Waals surface area (Å²) in [5.41, 5.74) is 0. The molecule has 1 saturated heterocycles. The first-order valence-corrected chi connectivity index (χ1v) is 7.08. The number of nitrogens with one attached hydrogen (secondary N) is 3. The quantitative estimate of drug-likeness (QED) is 0.626. The van der Waals surface area contributed by atoms with E-state index in [1.807, 2.05) is 0 Å². The normalized spacial score (nSPS) is 17.7. The summed E-state index contributed by atoms with van der Waals surface area (Å²) in [6, 6.07) is 0. The first kappa shape index (κ1) is 14.2. The van der Waals surface area contributed by atoms with E-state index in [1.54, 1.807) is 4.72 Å². The van der Waals surface area contributed by atoms with Crippen molar-refractivity contribution in [3.63, 3.8) is 0 Å². The smallest absolute Gasteiger partial charge is 0.421 e. The molecule has 8 heteroatoms. The summed E-state index contributed by atoms with van der Waals surface area (Å²) in [6.07, 6.45) is 1.92. The number of carbonyl (C=O) groups is 1. The van der Waals surface area contributed by atoms with Crippen molar-refractivity contribution in [2.45, 2.75) is 19.3 Å². The fourth-order valence-electron chi connectivity index (χ4n) is 1.76. The van der Waals surface area contributed by atoms with Gasteiger partial charge in [-0.15, -0.1) is 0 Å². The Labute approximate surface area is 101 Å². The van der Waals surface area contributed by atoms with E-state index >= 15 is 0 Å². The highest BCUT2D eigenvalue weighted by atomic mass is 32.2. The fraction of sp³-hybridized carbons (Fsp3) is 0.889. The Balaban J connectivity index is 2.22. The van der Waals surface area contributed by atoms with Gasteiger partial charge in [-0.1, -0.05) is 0 Å². The van der Waals surface area contributed by atoms with Gasteiger partial charge in [-0.25, -0.2) is 9.52 Å². The number of hydrogen-bond donors (Lipinski definition) is 3. The average Bonchev–Trinajstić information content (AvgIpc) is 2.29. The van der Waals surface area contributed by atoms with Gasteiger partial charge < -0.3 is 10.1 Å². The van der Waals surface area contributed by atoms with Crippen molar-refractivity contribution in [2.24, 2.45) is 5.92 Å². The third-order valence-corrected chi connectivity index (χ3v) is 3.73. The van der Waals surface area contributed by atoms with Gasteiger partial charge in [0.05, 0.1) is 7.11 Å². The topological polar surface area (TPSA) is 96.5 Å². The Kier molecular flexibility index (Phi) is 5.66. The lowest BCUT2D eigenvalue weighted by Gasteiger charge is -2.22. The number of carbonyl (C=O) groups excluding carboxylic acids is 1. The molecule has 100 valence electrons. The molecule has 0 atom stereocenters. The first-order chi connectivity index (χ1) is 8.03. The zero-order chi connectivity index (χ0) is 12.7. The second kappa shape index (κ2) is 6.77. The Hall–Kier alpha value is -0.860. The van der Waals surface area contributed by atoms with E-state index in [-0.39, 0.29) is 0 Å². The predicted molar refractivity (Wildman–Crippen MR) is 62.7 cm³/mol. The summed E-state index contributed by atoms with van der Waals surface area (Å²) in [5, 5.41) is 3.24. The Bertz CT molecular complexity index is 338. The molecule has 7 nitrogen and oxygen atoms in total. The van der Waals surface area contributed by atoms with Crippen molar-refractivity contribution in [1.29, 1.82) is 0 Å². The zero-order valence-corrected chi connectivity index (χ0v) is 10.7. The van der Waals surface area contributed by atoms with Gasteiger partial charge in [0.2, 0.25) is 0 Å². The van der Waals surface area contributed by atoms with E-state index in [0.717, 1.165) is 39.5 Å². The highest BCUT2D eigenvalue weighted by Crippen LogP contribution is 2.14. The molecule has 0 saturated carbocycles. The molecule has 0 spiro atoms. The number of methoxy groups -OCH3 is 1. The molecule has 1 rings (SSSR count). The number of rotatable bonds is 5. The van der Waals surface area contributed by atoms with Gasteiger partial charge in [0.15, 0.2) is 0 Å². The molecule has 0 aromatic carbocycles. The van der Waals surface area contributed by atoms with Crippen LogP contribution in [0.3, 0.4) is 0 Å². The van der Waals surface area contributed by atoms with Crippen molar-refractivity contribution < 1.29 is 17.9 Å². The van der Waals surface area contributed by atoms with E-state index in [1.165, 1.54) is 0 Å². The first-order valence-electron chi connectivity index (χ1n) is 5.59. The second-order valence-electron chi connectivity index (χ2n) is 3.97. The maximum absolute atomic E-state index is 11.3. The lowest BCUT2D eigenvalue weighted by molar-refractivity contribution is 0.177. The molecule has 1 amide bonds. The third kappa shape index (κ3) is 5.85. The summed E-state index contributed by atoms with van der Waals surface area (Å²) in [4.78, 5) is 10.7. The Morgan fingerprint density at radius 2 is 2.06 bits per heavy atom.